The highest BCUT2D eigenvalue weighted by atomic mass is 15.3. The van der Waals surface area contributed by atoms with Gasteiger partial charge in [0.25, 0.3) is 0 Å². The molecule has 1 spiro atoms. The fourth-order valence-electron chi connectivity index (χ4n) is 3.92. The van der Waals surface area contributed by atoms with Crippen LogP contribution in [0.25, 0.3) is 0 Å². The molecule has 1 aromatic rings. The molecule has 1 aromatic heterocycles. The Labute approximate surface area is 116 Å². The minimum Gasteiger partial charge on any atom is -0.314 e. The van der Waals surface area contributed by atoms with Gasteiger partial charge in [0.05, 0.1) is 5.69 Å². The van der Waals surface area contributed by atoms with E-state index in [1.54, 1.807) is 0 Å². The Hall–Kier alpha value is -0.930. The first kappa shape index (κ1) is 13.1. The molecule has 0 radical (unpaired) electrons. The normalized spacial score (nSPS) is 25.3. The number of nitrogens with one attached hydrogen (secondary N) is 1. The van der Waals surface area contributed by atoms with E-state index in [4.69, 9.17) is 0 Å². The molecule has 2 aliphatic rings. The van der Waals surface area contributed by atoms with Crippen molar-refractivity contribution in [1.82, 2.24) is 15.2 Å². The van der Waals surface area contributed by atoms with E-state index in [0.717, 1.165) is 19.6 Å². The maximum Gasteiger partial charge on any atom is 0.0572 e. The number of piperazine rings is 1. The molecule has 0 bridgehead atoms. The average Bonchev–Trinajstić information content (AvgIpc) is 2.49. The molecule has 3 rings (SSSR count). The highest BCUT2D eigenvalue weighted by Gasteiger charge is 2.42. The second-order valence-corrected chi connectivity index (χ2v) is 6.09. The molecule has 1 unspecified atom stereocenters. The van der Waals surface area contributed by atoms with Gasteiger partial charge < -0.3 is 5.32 Å². The predicted molar refractivity (Wildman–Crippen MR) is 78.0 cm³/mol. The lowest BCUT2D eigenvalue weighted by atomic mass is 9.78. The van der Waals surface area contributed by atoms with Crippen LogP contribution in [0.5, 0.6) is 0 Å². The van der Waals surface area contributed by atoms with Crippen LogP contribution >= 0.6 is 0 Å². The Bertz CT molecular complexity index is 389. The molecule has 1 saturated carbocycles. The Morgan fingerprint density at radius 3 is 2.84 bits per heavy atom. The smallest absolute Gasteiger partial charge is 0.0572 e. The Balaban J connectivity index is 1.84. The van der Waals surface area contributed by atoms with Crippen LogP contribution in [-0.4, -0.2) is 35.1 Å². The Morgan fingerprint density at radius 2 is 2.11 bits per heavy atom. The lowest BCUT2D eigenvalue weighted by Gasteiger charge is -2.52. The lowest BCUT2D eigenvalue weighted by Crippen LogP contribution is -2.62. The van der Waals surface area contributed by atoms with E-state index in [9.17, 15) is 0 Å². The second kappa shape index (κ2) is 5.59. The van der Waals surface area contributed by atoms with Crippen LogP contribution in [-0.2, 0) is 0 Å². The van der Waals surface area contributed by atoms with E-state index in [0.29, 0.717) is 11.6 Å². The molecule has 1 aliphatic heterocycles. The zero-order chi connectivity index (χ0) is 13.1. The van der Waals surface area contributed by atoms with E-state index in [2.05, 4.69) is 34.3 Å². The number of hydrogen-bond acceptors (Lipinski definition) is 3. The quantitative estimate of drug-likeness (QED) is 0.885. The molecular weight excluding hydrogens is 234 g/mol. The van der Waals surface area contributed by atoms with Gasteiger partial charge in [-0.3, -0.25) is 9.88 Å². The Kier molecular flexibility index (Phi) is 3.85. The molecule has 3 heteroatoms. The van der Waals surface area contributed by atoms with Crippen molar-refractivity contribution >= 4 is 0 Å². The number of nitrogens with zero attached hydrogens (tertiary/aromatic N) is 2. The Morgan fingerprint density at radius 1 is 1.26 bits per heavy atom. The van der Waals surface area contributed by atoms with Gasteiger partial charge in [0.1, 0.15) is 0 Å². The average molecular weight is 259 g/mol. The summed E-state index contributed by atoms with van der Waals surface area (Å²) in [4.78, 5) is 7.30. The zero-order valence-corrected chi connectivity index (χ0v) is 11.9. The van der Waals surface area contributed by atoms with Crippen molar-refractivity contribution in [3.8, 4) is 0 Å². The number of pyridine rings is 1. The van der Waals surface area contributed by atoms with Gasteiger partial charge in [0.2, 0.25) is 0 Å². The minimum absolute atomic E-state index is 0.382. The third-order valence-corrected chi connectivity index (χ3v) is 4.96. The molecule has 104 valence electrons. The third-order valence-electron chi connectivity index (χ3n) is 4.96. The largest absolute Gasteiger partial charge is 0.314 e. The molecule has 1 saturated heterocycles. The van der Waals surface area contributed by atoms with Gasteiger partial charge in [0.15, 0.2) is 0 Å². The third kappa shape index (κ3) is 2.54. The monoisotopic (exact) mass is 259 g/mol. The summed E-state index contributed by atoms with van der Waals surface area (Å²) >= 11 is 0. The van der Waals surface area contributed by atoms with E-state index >= 15 is 0 Å². The highest BCUT2D eigenvalue weighted by Crippen LogP contribution is 2.39. The van der Waals surface area contributed by atoms with Gasteiger partial charge >= 0.3 is 0 Å². The van der Waals surface area contributed by atoms with Crippen molar-refractivity contribution in [1.29, 1.82) is 0 Å². The van der Waals surface area contributed by atoms with Gasteiger partial charge in [-0.15, -0.1) is 0 Å². The summed E-state index contributed by atoms with van der Waals surface area (Å²) in [6, 6.07) is 6.71. The summed E-state index contributed by atoms with van der Waals surface area (Å²) in [5, 5.41) is 3.62. The number of hydrogen-bond donors (Lipinski definition) is 1. The fourth-order valence-corrected chi connectivity index (χ4v) is 3.92. The number of rotatable bonds is 2. The predicted octanol–water partition coefficient (Wildman–Crippen LogP) is 2.75. The maximum absolute atomic E-state index is 4.57. The minimum atomic E-state index is 0.382. The summed E-state index contributed by atoms with van der Waals surface area (Å²) in [5.74, 6) is 0. The molecule has 3 nitrogen and oxygen atoms in total. The molecule has 19 heavy (non-hydrogen) atoms. The fraction of sp³-hybridized carbons (Fsp3) is 0.688. The van der Waals surface area contributed by atoms with E-state index in [1.807, 2.05) is 12.3 Å². The van der Waals surface area contributed by atoms with Gasteiger partial charge in [-0.2, -0.15) is 0 Å². The first-order valence-corrected chi connectivity index (χ1v) is 7.70. The van der Waals surface area contributed by atoms with Crippen molar-refractivity contribution in [3.05, 3.63) is 30.1 Å². The van der Waals surface area contributed by atoms with Crippen LogP contribution < -0.4 is 5.32 Å². The SMILES string of the molecule is CC(c1ccccn1)N1CCNCC12CCCCC2. The van der Waals surface area contributed by atoms with Crippen molar-refractivity contribution in [2.24, 2.45) is 0 Å². The first-order chi connectivity index (χ1) is 9.32. The molecule has 1 N–H and O–H groups in total. The topological polar surface area (TPSA) is 28.2 Å². The van der Waals surface area contributed by atoms with Crippen LogP contribution in [0.2, 0.25) is 0 Å². The second-order valence-electron chi connectivity index (χ2n) is 6.09. The van der Waals surface area contributed by atoms with Gasteiger partial charge in [0, 0.05) is 37.4 Å². The van der Waals surface area contributed by atoms with Crippen LogP contribution in [0.3, 0.4) is 0 Å². The summed E-state index contributed by atoms with van der Waals surface area (Å²) in [6.07, 6.45) is 8.78. The van der Waals surface area contributed by atoms with Crippen LogP contribution in [0, 0.1) is 0 Å². The molecule has 0 amide bonds. The highest BCUT2D eigenvalue weighted by molar-refractivity contribution is 5.11. The van der Waals surface area contributed by atoms with Gasteiger partial charge in [-0.05, 0) is 31.9 Å². The standard InChI is InChI=1S/C16H25N3/c1-14(15-7-3-6-10-18-15)19-12-11-17-13-16(19)8-4-2-5-9-16/h3,6-7,10,14,17H,2,4-5,8-9,11-13H2,1H3. The molecule has 1 aliphatic carbocycles. The van der Waals surface area contributed by atoms with E-state index in [-0.39, 0.29) is 0 Å². The van der Waals surface area contributed by atoms with Crippen molar-refractivity contribution in [2.75, 3.05) is 19.6 Å². The van der Waals surface area contributed by atoms with Crippen LogP contribution in [0.4, 0.5) is 0 Å². The lowest BCUT2D eigenvalue weighted by molar-refractivity contribution is -0.00400. The summed E-state index contributed by atoms with van der Waals surface area (Å²) < 4.78 is 0. The van der Waals surface area contributed by atoms with Crippen LogP contribution in [0.1, 0.15) is 50.8 Å². The van der Waals surface area contributed by atoms with Crippen LogP contribution in [0.15, 0.2) is 24.4 Å². The number of aromatic nitrogens is 1. The van der Waals surface area contributed by atoms with Gasteiger partial charge in [-0.25, -0.2) is 0 Å². The summed E-state index contributed by atoms with van der Waals surface area (Å²) in [5.41, 5.74) is 1.60. The molecule has 2 heterocycles. The van der Waals surface area contributed by atoms with Crippen molar-refractivity contribution < 1.29 is 0 Å². The molecule has 0 aromatic carbocycles. The molecule has 2 fully saturated rings. The van der Waals surface area contributed by atoms with Crippen molar-refractivity contribution in [2.45, 2.75) is 50.6 Å². The molecular formula is C16H25N3. The summed E-state index contributed by atoms with van der Waals surface area (Å²) in [7, 11) is 0. The maximum atomic E-state index is 4.57. The van der Waals surface area contributed by atoms with E-state index in [1.165, 1.54) is 37.8 Å². The zero-order valence-electron chi connectivity index (χ0n) is 11.9. The summed E-state index contributed by atoms with van der Waals surface area (Å²) in [6.45, 7) is 5.74. The molecule has 1 atom stereocenters. The first-order valence-electron chi connectivity index (χ1n) is 7.70. The van der Waals surface area contributed by atoms with Crippen molar-refractivity contribution in [3.63, 3.8) is 0 Å². The van der Waals surface area contributed by atoms with E-state index < -0.39 is 0 Å². The van der Waals surface area contributed by atoms with Gasteiger partial charge in [-0.1, -0.05) is 25.3 Å².